The molecule has 0 radical (unpaired) electrons. The molecule has 0 fully saturated rings. The Hall–Kier alpha value is -3.38. The molecule has 0 unspecified atom stereocenters. The molecule has 2 aromatic carbocycles. The van der Waals surface area contributed by atoms with E-state index in [2.05, 4.69) is 36.2 Å². The van der Waals surface area contributed by atoms with Gasteiger partial charge < -0.3 is 4.40 Å². The first-order valence-electron chi connectivity index (χ1n) is 9.78. The minimum absolute atomic E-state index is 0.0151. The van der Waals surface area contributed by atoms with Crippen molar-refractivity contribution in [1.82, 2.24) is 18.9 Å². The summed E-state index contributed by atoms with van der Waals surface area (Å²) in [6.45, 7) is 2.55. The van der Waals surface area contributed by atoms with E-state index in [1.54, 1.807) is 16.3 Å². The van der Waals surface area contributed by atoms with Crippen LogP contribution >= 0.6 is 11.8 Å². The molecule has 6 heteroatoms. The Kier molecular flexibility index (Phi) is 4.85. The van der Waals surface area contributed by atoms with Crippen LogP contribution in [0.5, 0.6) is 0 Å². The highest BCUT2D eigenvalue weighted by molar-refractivity contribution is 7.98. The molecule has 0 amide bonds. The lowest BCUT2D eigenvalue weighted by atomic mass is 10.1. The topological polar surface area (TPSA) is 52.2 Å². The lowest BCUT2D eigenvalue weighted by molar-refractivity contribution is 0.658. The zero-order valence-electron chi connectivity index (χ0n) is 16.5. The van der Waals surface area contributed by atoms with Crippen molar-refractivity contribution in [3.8, 4) is 0 Å². The summed E-state index contributed by atoms with van der Waals surface area (Å²) >= 11 is 1.54. The van der Waals surface area contributed by atoms with E-state index in [0.717, 1.165) is 22.4 Å². The van der Waals surface area contributed by atoms with Crippen LogP contribution in [0.1, 0.15) is 16.8 Å². The van der Waals surface area contributed by atoms with Gasteiger partial charge in [-0.2, -0.15) is 0 Å². The van der Waals surface area contributed by atoms with Gasteiger partial charge in [-0.05, 0) is 36.8 Å². The third-order valence-electron chi connectivity index (χ3n) is 5.05. The van der Waals surface area contributed by atoms with Crippen LogP contribution < -0.4 is 5.56 Å². The summed E-state index contributed by atoms with van der Waals surface area (Å²) in [5.74, 6) is 0.639. The van der Waals surface area contributed by atoms with Crippen LogP contribution in [0.25, 0.3) is 16.6 Å². The standard InChI is InChI=1S/C24H20N4OS/c1-17-9-11-18(12-10-17)14-28-23(29)20-6-2-3-7-21(20)26-24(28)30-16-19-15-27-13-5-4-8-22(27)25-19/h2-13,15H,14,16H2,1H3. The van der Waals surface area contributed by atoms with Crippen LogP contribution in [-0.2, 0) is 12.3 Å². The Morgan fingerprint density at radius 1 is 0.933 bits per heavy atom. The maximum atomic E-state index is 13.3. The fraction of sp³-hybridized carbons (Fsp3) is 0.125. The molecule has 0 bridgehead atoms. The zero-order chi connectivity index (χ0) is 20.5. The smallest absolute Gasteiger partial charge is 0.262 e. The van der Waals surface area contributed by atoms with Crippen LogP contribution in [-0.4, -0.2) is 18.9 Å². The van der Waals surface area contributed by atoms with Crippen molar-refractivity contribution >= 4 is 28.3 Å². The zero-order valence-corrected chi connectivity index (χ0v) is 17.3. The number of fused-ring (bicyclic) bond motifs is 2. The second-order valence-electron chi connectivity index (χ2n) is 7.28. The van der Waals surface area contributed by atoms with Gasteiger partial charge in [-0.3, -0.25) is 9.36 Å². The molecule has 5 rings (SSSR count). The molecular formula is C24H20N4OS. The summed E-state index contributed by atoms with van der Waals surface area (Å²) in [5.41, 5.74) is 4.85. The second-order valence-corrected chi connectivity index (χ2v) is 8.22. The van der Waals surface area contributed by atoms with E-state index < -0.39 is 0 Å². The van der Waals surface area contributed by atoms with Gasteiger partial charge in [0, 0.05) is 18.1 Å². The number of aryl methyl sites for hydroxylation is 1. The van der Waals surface area contributed by atoms with Crippen molar-refractivity contribution in [3.63, 3.8) is 0 Å². The van der Waals surface area contributed by atoms with Gasteiger partial charge in [0.05, 0.1) is 23.1 Å². The SMILES string of the molecule is Cc1ccc(Cn2c(SCc3cn4ccccc4n3)nc3ccccc3c2=O)cc1. The largest absolute Gasteiger partial charge is 0.307 e. The Morgan fingerprint density at radius 2 is 1.73 bits per heavy atom. The van der Waals surface area contributed by atoms with Crippen LogP contribution in [0.2, 0.25) is 0 Å². The Morgan fingerprint density at radius 3 is 2.57 bits per heavy atom. The maximum Gasteiger partial charge on any atom is 0.262 e. The van der Waals surface area contributed by atoms with Gasteiger partial charge in [0.1, 0.15) is 5.65 Å². The number of hydrogen-bond acceptors (Lipinski definition) is 4. The molecule has 3 aromatic heterocycles. The van der Waals surface area contributed by atoms with Crippen molar-refractivity contribution in [2.45, 2.75) is 24.4 Å². The summed E-state index contributed by atoms with van der Waals surface area (Å²) in [5, 5.41) is 1.35. The van der Waals surface area contributed by atoms with Gasteiger partial charge >= 0.3 is 0 Å². The molecule has 0 N–H and O–H groups in total. The predicted molar refractivity (Wildman–Crippen MR) is 121 cm³/mol. The van der Waals surface area contributed by atoms with Gasteiger partial charge in [-0.1, -0.05) is 59.8 Å². The summed E-state index contributed by atoms with van der Waals surface area (Å²) in [6.07, 6.45) is 4.00. The van der Waals surface area contributed by atoms with E-state index in [0.29, 0.717) is 22.8 Å². The Bertz CT molecular complexity index is 1370. The quantitative estimate of drug-likeness (QED) is 0.310. The van der Waals surface area contributed by atoms with Crippen LogP contribution in [0.15, 0.2) is 89.1 Å². The highest BCUT2D eigenvalue weighted by atomic mass is 32.2. The van der Waals surface area contributed by atoms with Gasteiger partial charge in [-0.15, -0.1) is 0 Å². The van der Waals surface area contributed by atoms with Gasteiger partial charge in [0.25, 0.3) is 5.56 Å². The molecule has 0 saturated carbocycles. The molecule has 3 heterocycles. The highest BCUT2D eigenvalue weighted by Crippen LogP contribution is 2.23. The Labute approximate surface area is 178 Å². The molecular weight excluding hydrogens is 392 g/mol. The number of thioether (sulfide) groups is 1. The van der Waals surface area contributed by atoms with Gasteiger partial charge in [0.2, 0.25) is 0 Å². The third kappa shape index (κ3) is 3.62. The van der Waals surface area contributed by atoms with Crippen molar-refractivity contribution in [2.75, 3.05) is 0 Å². The van der Waals surface area contributed by atoms with E-state index in [4.69, 9.17) is 4.98 Å². The summed E-state index contributed by atoms with van der Waals surface area (Å²) in [4.78, 5) is 22.7. The number of para-hydroxylation sites is 1. The Balaban J connectivity index is 1.53. The van der Waals surface area contributed by atoms with E-state index >= 15 is 0 Å². The van der Waals surface area contributed by atoms with Crippen molar-refractivity contribution in [2.24, 2.45) is 0 Å². The fourth-order valence-electron chi connectivity index (χ4n) is 3.47. The minimum atomic E-state index is -0.0151. The molecule has 0 aliphatic rings. The predicted octanol–water partition coefficient (Wildman–Crippen LogP) is 4.69. The summed E-state index contributed by atoms with van der Waals surface area (Å²) < 4.78 is 3.77. The number of nitrogens with zero attached hydrogens (tertiary/aromatic N) is 4. The van der Waals surface area contributed by atoms with E-state index in [1.807, 2.05) is 59.3 Å². The summed E-state index contributed by atoms with van der Waals surface area (Å²) in [7, 11) is 0. The number of pyridine rings is 1. The van der Waals surface area contributed by atoms with Crippen molar-refractivity contribution < 1.29 is 0 Å². The molecule has 0 saturated heterocycles. The van der Waals surface area contributed by atoms with Crippen LogP contribution in [0, 0.1) is 6.92 Å². The minimum Gasteiger partial charge on any atom is -0.307 e. The lowest BCUT2D eigenvalue weighted by Crippen LogP contribution is -2.24. The molecule has 30 heavy (non-hydrogen) atoms. The number of aromatic nitrogens is 4. The number of imidazole rings is 1. The average Bonchev–Trinajstić information content (AvgIpc) is 3.19. The number of hydrogen-bond donors (Lipinski definition) is 0. The van der Waals surface area contributed by atoms with Crippen molar-refractivity contribution in [1.29, 1.82) is 0 Å². The molecule has 148 valence electrons. The second kappa shape index (κ2) is 7.80. The first-order chi connectivity index (χ1) is 14.7. The molecule has 0 spiro atoms. The van der Waals surface area contributed by atoms with Crippen LogP contribution in [0.3, 0.4) is 0 Å². The van der Waals surface area contributed by atoms with E-state index in [-0.39, 0.29) is 5.56 Å². The van der Waals surface area contributed by atoms with Gasteiger partial charge in [-0.25, -0.2) is 9.97 Å². The number of rotatable bonds is 5. The summed E-state index contributed by atoms with van der Waals surface area (Å²) in [6, 6.07) is 21.7. The monoisotopic (exact) mass is 412 g/mol. The molecule has 0 aliphatic carbocycles. The molecule has 0 aliphatic heterocycles. The third-order valence-corrected chi connectivity index (χ3v) is 6.06. The fourth-order valence-corrected chi connectivity index (χ4v) is 4.35. The van der Waals surface area contributed by atoms with E-state index in [9.17, 15) is 4.79 Å². The first kappa shape index (κ1) is 18.6. The number of benzene rings is 2. The average molecular weight is 413 g/mol. The van der Waals surface area contributed by atoms with Crippen molar-refractivity contribution in [3.05, 3.63) is 106 Å². The first-order valence-corrected chi connectivity index (χ1v) is 10.8. The lowest BCUT2D eigenvalue weighted by Gasteiger charge is -2.13. The maximum absolute atomic E-state index is 13.3. The molecule has 0 atom stereocenters. The normalized spacial score (nSPS) is 11.4. The van der Waals surface area contributed by atoms with Gasteiger partial charge in [0.15, 0.2) is 5.16 Å². The highest BCUT2D eigenvalue weighted by Gasteiger charge is 2.13. The molecule has 5 aromatic rings. The molecule has 5 nitrogen and oxygen atoms in total. The van der Waals surface area contributed by atoms with E-state index in [1.165, 1.54) is 5.56 Å². The van der Waals surface area contributed by atoms with Crippen LogP contribution in [0.4, 0.5) is 0 Å².